The zero-order chi connectivity index (χ0) is 28.7. The van der Waals surface area contributed by atoms with Crippen LogP contribution in [0.1, 0.15) is 194 Å². The molecule has 0 aromatic carbocycles. The van der Waals surface area contributed by atoms with Crippen molar-refractivity contribution in [1.29, 1.82) is 0 Å². The first-order valence-corrected chi connectivity index (χ1v) is 17.5. The van der Waals surface area contributed by atoms with Gasteiger partial charge in [0.15, 0.2) is 0 Å². The largest absolute Gasteiger partial charge is 0.464 e. The summed E-state index contributed by atoms with van der Waals surface area (Å²) in [7, 11) is 1.72. The molecule has 232 valence electrons. The Bertz CT molecular complexity index is 522. The third kappa shape index (κ3) is 29.7. The van der Waals surface area contributed by atoms with Gasteiger partial charge in [0.25, 0.3) is 0 Å². The number of ether oxygens (including phenoxy) is 1. The molecule has 39 heavy (non-hydrogen) atoms. The van der Waals surface area contributed by atoms with Crippen molar-refractivity contribution < 1.29 is 14.3 Å². The van der Waals surface area contributed by atoms with E-state index in [0.29, 0.717) is 13.0 Å². The van der Waals surface area contributed by atoms with Crippen molar-refractivity contribution >= 4 is 11.9 Å². The lowest BCUT2D eigenvalue weighted by molar-refractivity contribution is -0.148. The van der Waals surface area contributed by atoms with E-state index in [1.165, 1.54) is 153 Å². The van der Waals surface area contributed by atoms with Gasteiger partial charge >= 0.3 is 5.97 Å². The summed E-state index contributed by atoms with van der Waals surface area (Å²) in [5, 5.41) is 0. The summed E-state index contributed by atoms with van der Waals surface area (Å²) in [5.74, 6) is -0.212. The van der Waals surface area contributed by atoms with Gasteiger partial charge < -0.3 is 9.64 Å². The fraction of sp³-hybridized carbons (Fsp3) is 0.943. The highest BCUT2D eigenvalue weighted by Crippen LogP contribution is 2.14. The van der Waals surface area contributed by atoms with Gasteiger partial charge in [0.2, 0.25) is 5.91 Å². The zero-order valence-electron chi connectivity index (χ0n) is 26.9. The SMILES string of the molecule is CCCCCCCCCCCCCCCCCCOC(=O)CN(C)C(=O)CCCCCCCCCCCCC. The van der Waals surface area contributed by atoms with E-state index in [1.807, 2.05) is 0 Å². The van der Waals surface area contributed by atoms with Gasteiger partial charge in [-0.2, -0.15) is 0 Å². The molecule has 0 heterocycles. The van der Waals surface area contributed by atoms with E-state index in [2.05, 4.69) is 13.8 Å². The third-order valence-electron chi connectivity index (χ3n) is 8.05. The average Bonchev–Trinajstić information content (AvgIpc) is 2.93. The molecule has 0 radical (unpaired) electrons. The second kappa shape index (κ2) is 31.5. The standard InChI is InChI=1S/C35H69NO3/c1-4-6-8-10-12-14-16-17-18-19-20-22-24-26-28-30-32-39-35(38)33-36(3)34(37)31-29-27-25-23-21-15-13-11-9-7-5-2/h4-33H2,1-3H3. The van der Waals surface area contributed by atoms with Crippen molar-refractivity contribution in [2.75, 3.05) is 20.2 Å². The molecule has 4 nitrogen and oxygen atoms in total. The molecule has 0 aromatic rings. The Kier molecular flexibility index (Phi) is 30.6. The molecule has 0 atom stereocenters. The van der Waals surface area contributed by atoms with E-state index in [9.17, 15) is 9.59 Å². The Morgan fingerprint density at radius 3 is 1.13 bits per heavy atom. The van der Waals surface area contributed by atoms with Gasteiger partial charge in [-0.1, -0.05) is 174 Å². The molecule has 0 aliphatic rings. The van der Waals surface area contributed by atoms with Crippen LogP contribution >= 0.6 is 0 Å². The highest BCUT2D eigenvalue weighted by molar-refractivity contribution is 5.81. The van der Waals surface area contributed by atoms with Gasteiger partial charge in [-0.15, -0.1) is 0 Å². The molecule has 0 bridgehead atoms. The summed E-state index contributed by atoms with van der Waals surface area (Å²) < 4.78 is 5.36. The second-order valence-corrected chi connectivity index (χ2v) is 12.1. The summed E-state index contributed by atoms with van der Waals surface area (Å²) in [5.41, 5.74) is 0. The molecule has 0 fully saturated rings. The zero-order valence-corrected chi connectivity index (χ0v) is 26.9. The van der Waals surface area contributed by atoms with Crippen LogP contribution in [-0.2, 0) is 14.3 Å². The lowest BCUT2D eigenvalue weighted by atomic mass is 10.0. The predicted octanol–water partition coefficient (Wildman–Crippen LogP) is 11.0. The number of unbranched alkanes of at least 4 members (excludes halogenated alkanes) is 25. The molecule has 0 saturated heterocycles. The van der Waals surface area contributed by atoms with Crippen molar-refractivity contribution in [3.8, 4) is 0 Å². The van der Waals surface area contributed by atoms with Crippen LogP contribution in [0, 0.1) is 0 Å². The Labute approximate surface area is 244 Å². The minimum Gasteiger partial charge on any atom is -0.464 e. The molecule has 4 heteroatoms. The van der Waals surface area contributed by atoms with Crippen LogP contribution in [0.25, 0.3) is 0 Å². The van der Waals surface area contributed by atoms with E-state index in [-0.39, 0.29) is 18.4 Å². The minimum absolute atomic E-state index is 0.0604. The van der Waals surface area contributed by atoms with E-state index in [4.69, 9.17) is 4.74 Å². The number of esters is 1. The minimum atomic E-state index is -0.272. The summed E-state index contributed by atoms with van der Waals surface area (Å²) in [6.07, 6.45) is 36.0. The number of nitrogens with zero attached hydrogens (tertiary/aromatic N) is 1. The topological polar surface area (TPSA) is 46.6 Å². The summed E-state index contributed by atoms with van der Waals surface area (Å²) in [6.45, 7) is 5.11. The second-order valence-electron chi connectivity index (χ2n) is 12.1. The number of hydrogen-bond donors (Lipinski definition) is 0. The maximum absolute atomic E-state index is 12.3. The van der Waals surface area contributed by atoms with Crippen LogP contribution in [0.2, 0.25) is 0 Å². The van der Waals surface area contributed by atoms with Gasteiger partial charge in [-0.05, 0) is 12.8 Å². The summed E-state index contributed by atoms with van der Waals surface area (Å²) >= 11 is 0. The Hall–Kier alpha value is -1.06. The highest BCUT2D eigenvalue weighted by Gasteiger charge is 2.13. The maximum Gasteiger partial charge on any atom is 0.325 e. The fourth-order valence-electron chi connectivity index (χ4n) is 5.29. The summed E-state index contributed by atoms with van der Waals surface area (Å²) in [6, 6.07) is 0. The Morgan fingerprint density at radius 2 is 0.769 bits per heavy atom. The van der Waals surface area contributed by atoms with Crippen LogP contribution < -0.4 is 0 Å². The molecule has 0 aromatic heterocycles. The molecule has 0 saturated carbocycles. The lowest BCUT2D eigenvalue weighted by Gasteiger charge is -2.16. The van der Waals surface area contributed by atoms with Crippen molar-refractivity contribution in [3.63, 3.8) is 0 Å². The lowest BCUT2D eigenvalue weighted by Crippen LogP contribution is -2.33. The van der Waals surface area contributed by atoms with Crippen LogP contribution in [0.15, 0.2) is 0 Å². The van der Waals surface area contributed by atoms with Gasteiger partial charge in [0.05, 0.1) is 6.61 Å². The highest BCUT2D eigenvalue weighted by atomic mass is 16.5. The van der Waals surface area contributed by atoms with Crippen LogP contribution in [-0.4, -0.2) is 37.0 Å². The van der Waals surface area contributed by atoms with Gasteiger partial charge in [0.1, 0.15) is 6.54 Å². The van der Waals surface area contributed by atoms with Crippen LogP contribution in [0.5, 0.6) is 0 Å². The first-order chi connectivity index (χ1) is 19.1. The van der Waals surface area contributed by atoms with Crippen LogP contribution in [0.4, 0.5) is 0 Å². The summed E-state index contributed by atoms with van der Waals surface area (Å²) in [4.78, 5) is 25.9. The molecule has 0 rings (SSSR count). The number of rotatable bonds is 31. The average molecular weight is 552 g/mol. The molecule has 1 amide bonds. The van der Waals surface area contributed by atoms with Gasteiger partial charge in [-0.3, -0.25) is 9.59 Å². The smallest absolute Gasteiger partial charge is 0.325 e. The molecule has 0 unspecified atom stereocenters. The van der Waals surface area contributed by atoms with Crippen molar-refractivity contribution in [1.82, 2.24) is 4.90 Å². The molecular weight excluding hydrogens is 482 g/mol. The number of amides is 1. The van der Waals surface area contributed by atoms with Crippen molar-refractivity contribution in [2.45, 2.75) is 194 Å². The number of carbonyl (C=O) groups is 2. The third-order valence-corrected chi connectivity index (χ3v) is 8.05. The van der Waals surface area contributed by atoms with Crippen LogP contribution in [0.3, 0.4) is 0 Å². The molecule has 0 N–H and O–H groups in total. The maximum atomic E-state index is 12.3. The fourth-order valence-corrected chi connectivity index (χ4v) is 5.29. The molecule has 0 aliphatic heterocycles. The van der Waals surface area contributed by atoms with E-state index in [1.54, 1.807) is 7.05 Å². The molecule has 0 spiro atoms. The first-order valence-electron chi connectivity index (χ1n) is 17.5. The molecule has 0 aliphatic carbocycles. The number of hydrogen-bond acceptors (Lipinski definition) is 3. The normalized spacial score (nSPS) is 11.2. The Morgan fingerprint density at radius 1 is 0.462 bits per heavy atom. The van der Waals surface area contributed by atoms with Gasteiger partial charge in [-0.25, -0.2) is 0 Å². The quantitative estimate of drug-likeness (QED) is 0.0635. The van der Waals surface area contributed by atoms with E-state index in [0.717, 1.165) is 25.7 Å². The monoisotopic (exact) mass is 552 g/mol. The van der Waals surface area contributed by atoms with Gasteiger partial charge in [0, 0.05) is 13.5 Å². The number of carbonyl (C=O) groups excluding carboxylic acids is 2. The predicted molar refractivity (Wildman–Crippen MR) is 169 cm³/mol. The Balaban J connectivity index is 3.39. The molecular formula is C35H69NO3. The number of likely N-dealkylation sites (N-methyl/N-ethyl adjacent to an activating group) is 1. The van der Waals surface area contributed by atoms with E-state index >= 15 is 0 Å². The van der Waals surface area contributed by atoms with Crippen molar-refractivity contribution in [3.05, 3.63) is 0 Å². The van der Waals surface area contributed by atoms with Crippen molar-refractivity contribution in [2.24, 2.45) is 0 Å². The first kappa shape index (κ1) is 37.9. The van der Waals surface area contributed by atoms with E-state index < -0.39 is 0 Å².